The predicted octanol–water partition coefficient (Wildman–Crippen LogP) is 2.43. The van der Waals surface area contributed by atoms with Crippen molar-refractivity contribution < 1.29 is 31.8 Å². The van der Waals surface area contributed by atoms with Crippen LogP contribution in [-0.4, -0.2) is 86.6 Å². The van der Waals surface area contributed by atoms with E-state index in [4.69, 9.17) is 0 Å². The summed E-state index contributed by atoms with van der Waals surface area (Å²) >= 11 is 0. The monoisotopic (exact) mass is 534 g/mol. The molecule has 35 heavy (non-hydrogen) atoms. The Morgan fingerprint density at radius 3 is 2.69 bits per heavy atom. The number of amides is 1. The first kappa shape index (κ1) is 27.6. The molecule has 1 saturated heterocycles. The Kier molecular flexibility index (Phi) is 8.31. The summed E-state index contributed by atoms with van der Waals surface area (Å²) in [7, 11) is -6.94. The van der Waals surface area contributed by atoms with Crippen LogP contribution >= 0.6 is 10.8 Å². The second-order valence-electron chi connectivity index (χ2n) is 7.88. The molecule has 4 N–H and O–H groups in total. The number of rotatable bonds is 5. The molecule has 184 valence electrons. The van der Waals surface area contributed by atoms with Crippen molar-refractivity contribution >= 4 is 72.8 Å². The number of benzene rings is 1. The topological polar surface area (TPSA) is 153 Å². The van der Waals surface area contributed by atoms with Crippen LogP contribution in [0.4, 0.5) is 10.2 Å². The molecule has 1 fully saturated rings. The standard InChI is InChI=1S/C21H23FN4O6S2.Na.H/c1-33(29,30)16-11-14(22)7-6-13(16)12-24-21(28)18-19(27)17-15(5-4-8-23-17)20(25-18)26-9-2-3-10-34(26,31)32;;/h4-8,11,27,31-32H,2-3,9-10,12H2,1H3,(H,24,28);;. The third-order valence-electron chi connectivity index (χ3n) is 5.42. The van der Waals surface area contributed by atoms with Gasteiger partial charge in [0.05, 0.1) is 10.6 Å². The average Bonchev–Trinajstić information content (AvgIpc) is 2.78. The summed E-state index contributed by atoms with van der Waals surface area (Å²) in [5, 5.41) is 13.6. The Bertz CT molecular complexity index is 1390. The molecule has 0 radical (unpaired) electrons. The molecule has 3 aromatic rings. The molecule has 0 unspecified atom stereocenters. The van der Waals surface area contributed by atoms with Crippen LogP contribution in [0.15, 0.2) is 41.4 Å². The summed E-state index contributed by atoms with van der Waals surface area (Å²) in [6.07, 6.45) is 3.65. The van der Waals surface area contributed by atoms with Gasteiger partial charge in [0.1, 0.15) is 11.3 Å². The van der Waals surface area contributed by atoms with E-state index in [1.165, 1.54) is 16.6 Å². The molecule has 1 amide bonds. The molecule has 0 aliphatic carbocycles. The van der Waals surface area contributed by atoms with Gasteiger partial charge in [0, 0.05) is 30.9 Å². The number of hydrogen-bond acceptors (Lipinski definition) is 9. The number of hydrogen-bond donors (Lipinski definition) is 4. The molecular formula is C21H24FN4NaO6S2. The number of pyridine rings is 2. The zero-order valence-electron chi connectivity index (χ0n) is 18.1. The normalized spacial score (nSPS) is 16.4. The van der Waals surface area contributed by atoms with Crippen molar-refractivity contribution in [2.45, 2.75) is 24.3 Å². The summed E-state index contributed by atoms with van der Waals surface area (Å²) in [4.78, 5) is 21.1. The van der Waals surface area contributed by atoms with Crippen molar-refractivity contribution in [3.05, 3.63) is 53.6 Å². The van der Waals surface area contributed by atoms with Crippen molar-refractivity contribution in [2.24, 2.45) is 0 Å². The Morgan fingerprint density at radius 2 is 2.00 bits per heavy atom. The minimum absolute atomic E-state index is 0. The molecule has 1 aliphatic heterocycles. The Hall–Kier alpha value is -2.00. The molecule has 0 bridgehead atoms. The molecule has 1 aromatic carbocycles. The fourth-order valence-electron chi connectivity index (χ4n) is 3.78. The minimum atomic E-state index is -3.77. The van der Waals surface area contributed by atoms with E-state index in [1.807, 2.05) is 0 Å². The van der Waals surface area contributed by atoms with Gasteiger partial charge < -0.3 is 10.4 Å². The molecule has 0 saturated carbocycles. The second kappa shape index (κ2) is 10.5. The number of nitrogens with one attached hydrogen (secondary N) is 1. The first-order valence-electron chi connectivity index (χ1n) is 10.3. The quantitative estimate of drug-likeness (QED) is 0.362. The van der Waals surface area contributed by atoms with E-state index in [-0.39, 0.29) is 63.6 Å². The van der Waals surface area contributed by atoms with Crippen LogP contribution in [0.3, 0.4) is 0 Å². The number of nitrogens with zero attached hydrogens (tertiary/aromatic N) is 3. The summed E-state index contributed by atoms with van der Waals surface area (Å²) < 4.78 is 60.1. The second-order valence-corrected chi connectivity index (χ2v) is 12.0. The summed E-state index contributed by atoms with van der Waals surface area (Å²) in [6, 6.07) is 6.39. The van der Waals surface area contributed by atoms with Crippen LogP contribution in [0.5, 0.6) is 5.75 Å². The zero-order chi connectivity index (χ0) is 24.7. The molecule has 14 heteroatoms. The molecule has 0 spiro atoms. The van der Waals surface area contributed by atoms with Gasteiger partial charge in [-0.2, -0.15) is 0 Å². The van der Waals surface area contributed by atoms with E-state index in [2.05, 4.69) is 15.3 Å². The van der Waals surface area contributed by atoms with Crippen molar-refractivity contribution in [3.8, 4) is 5.75 Å². The Balaban J connectivity index is 0.00000342. The number of aromatic nitrogens is 2. The van der Waals surface area contributed by atoms with Gasteiger partial charge in [-0.1, -0.05) is 6.07 Å². The Labute approximate surface area is 225 Å². The summed E-state index contributed by atoms with van der Waals surface area (Å²) in [5.41, 5.74) is -0.205. The van der Waals surface area contributed by atoms with E-state index in [1.54, 1.807) is 12.1 Å². The SMILES string of the molecule is CS(=O)(=O)c1cc(F)ccc1CNC(=O)c1nc(N2CCCCS2(O)O)c2cccnc2c1O.[NaH]. The van der Waals surface area contributed by atoms with Gasteiger partial charge in [-0.3, -0.25) is 23.2 Å². The molecule has 0 atom stereocenters. The number of carbonyl (C=O) groups excluding carboxylic acids is 1. The Morgan fingerprint density at radius 1 is 1.26 bits per heavy atom. The van der Waals surface area contributed by atoms with E-state index < -0.39 is 43.8 Å². The molecule has 2 aromatic heterocycles. The van der Waals surface area contributed by atoms with Crippen LogP contribution in [-0.2, 0) is 16.4 Å². The first-order chi connectivity index (χ1) is 16.0. The predicted molar refractivity (Wildman–Crippen MR) is 133 cm³/mol. The fraction of sp³-hybridized carbons (Fsp3) is 0.286. The van der Waals surface area contributed by atoms with Gasteiger partial charge in [-0.15, -0.1) is 10.8 Å². The number of aromatic hydroxyl groups is 1. The van der Waals surface area contributed by atoms with Gasteiger partial charge in [0.25, 0.3) is 5.91 Å². The fourth-order valence-corrected chi connectivity index (χ4v) is 6.38. The van der Waals surface area contributed by atoms with E-state index in [0.717, 1.165) is 18.4 Å². The molecular weight excluding hydrogens is 510 g/mol. The zero-order valence-corrected chi connectivity index (χ0v) is 19.7. The van der Waals surface area contributed by atoms with Crippen LogP contribution in [0.2, 0.25) is 0 Å². The van der Waals surface area contributed by atoms with Crippen molar-refractivity contribution in [2.75, 3.05) is 22.9 Å². The summed E-state index contributed by atoms with van der Waals surface area (Å²) in [6.45, 7) is 0.00951. The molecule has 3 heterocycles. The maximum absolute atomic E-state index is 13.6. The van der Waals surface area contributed by atoms with E-state index >= 15 is 0 Å². The third kappa shape index (κ3) is 5.71. The molecule has 1 aliphatic rings. The first-order valence-corrected chi connectivity index (χ1v) is 13.8. The number of anilines is 1. The molecule has 10 nitrogen and oxygen atoms in total. The number of halogens is 1. The van der Waals surface area contributed by atoms with E-state index in [9.17, 15) is 31.8 Å². The van der Waals surface area contributed by atoms with Crippen molar-refractivity contribution in [1.82, 2.24) is 15.3 Å². The van der Waals surface area contributed by atoms with Gasteiger partial charge in [0.2, 0.25) is 0 Å². The average molecular weight is 535 g/mol. The van der Waals surface area contributed by atoms with Crippen molar-refractivity contribution in [1.29, 1.82) is 0 Å². The van der Waals surface area contributed by atoms with Crippen LogP contribution in [0.1, 0.15) is 28.9 Å². The number of fused-ring (bicyclic) bond motifs is 1. The van der Waals surface area contributed by atoms with Crippen LogP contribution < -0.4 is 9.62 Å². The van der Waals surface area contributed by atoms with Crippen molar-refractivity contribution in [3.63, 3.8) is 0 Å². The van der Waals surface area contributed by atoms with E-state index in [0.29, 0.717) is 24.8 Å². The van der Waals surface area contributed by atoms with Gasteiger partial charge in [0.15, 0.2) is 27.1 Å². The van der Waals surface area contributed by atoms with Crippen LogP contribution in [0.25, 0.3) is 10.9 Å². The van der Waals surface area contributed by atoms with Gasteiger partial charge in [-0.25, -0.2) is 17.8 Å². The number of sulfone groups is 1. The molecule has 4 rings (SSSR count). The maximum atomic E-state index is 13.6. The van der Waals surface area contributed by atoms with Crippen LogP contribution in [0, 0.1) is 5.82 Å². The summed E-state index contributed by atoms with van der Waals surface area (Å²) in [5.74, 6) is -1.83. The number of carbonyl (C=O) groups is 1. The van der Waals surface area contributed by atoms with Gasteiger partial charge in [-0.05, 0) is 42.7 Å². The third-order valence-corrected chi connectivity index (χ3v) is 8.49. The van der Waals surface area contributed by atoms with Gasteiger partial charge >= 0.3 is 29.6 Å².